The molecular weight excluding hydrogens is 322 g/mol. The molecule has 1 saturated heterocycles. The van der Waals surface area contributed by atoms with Crippen LogP contribution in [0.3, 0.4) is 0 Å². The van der Waals surface area contributed by atoms with E-state index in [-0.39, 0.29) is 12.0 Å². The SMILES string of the molecule is CC(OCC1CCCCO1)C(=O)N(Cc1ccco1)Cc1ccco1. The van der Waals surface area contributed by atoms with Crippen LogP contribution < -0.4 is 0 Å². The number of amides is 1. The quantitative estimate of drug-likeness (QED) is 0.732. The number of ether oxygens (including phenoxy) is 2. The molecule has 2 aromatic rings. The van der Waals surface area contributed by atoms with Gasteiger partial charge in [0.1, 0.15) is 17.6 Å². The summed E-state index contributed by atoms with van der Waals surface area (Å²) in [6.07, 6.45) is 5.99. The van der Waals surface area contributed by atoms with E-state index < -0.39 is 6.10 Å². The van der Waals surface area contributed by atoms with Crippen molar-refractivity contribution in [3.8, 4) is 0 Å². The lowest BCUT2D eigenvalue weighted by atomic mass is 10.1. The molecule has 2 aromatic heterocycles. The van der Waals surface area contributed by atoms with Crippen LogP contribution in [0.2, 0.25) is 0 Å². The van der Waals surface area contributed by atoms with Crippen molar-refractivity contribution in [1.29, 1.82) is 0 Å². The van der Waals surface area contributed by atoms with Crippen molar-refractivity contribution in [3.05, 3.63) is 48.3 Å². The van der Waals surface area contributed by atoms with Crippen molar-refractivity contribution in [2.45, 2.75) is 51.5 Å². The molecule has 1 fully saturated rings. The van der Waals surface area contributed by atoms with Crippen LogP contribution >= 0.6 is 0 Å². The molecule has 0 bridgehead atoms. The fourth-order valence-electron chi connectivity index (χ4n) is 2.91. The van der Waals surface area contributed by atoms with Gasteiger partial charge in [-0.05, 0) is 50.5 Å². The van der Waals surface area contributed by atoms with Gasteiger partial charge in [-0.25, -0.2) is 0 Å². The van der Waals surface area contributed by atoms with Gasteiger partial charge in [0, 0.05) is 6.61 Å². The minimum atomic E-state index is -0.546. The van der Waals surface area contributed by atoms with Gasteiger partial charge in [0.25, 0.3) is 5.91 Å². The first-order valence-electron chi connectivity index (χ1n) is 8.79. The molecule has 2 unspecified atom stereocenters. The number of hydrogen-bond donors (Lipinski definition) is 0. The zero-order valence-electron chi connectivity index (χ0n) is 14.6. The fourth-order valence-corrected chi connectivity index (χ4v) is 2.91. The van der Waals surface area contributed by atoms with Crippen LogP contribution in [-0.4, -0.2) is 36.2 Å². The minimum absolute atomic E-state index is 0.0904. The first kappa shape index (κ1) is 17.8. The van der Waals surface area contributed by atoms with Crippen LogP contribution in [0.25, 0.3) is 0 Å². The number of rotatable bonds is 8. The molecule has 0 aromatic carbocycles. The Hall–Kier alpha value is -2.05. The third-order valence-electron chi connectivity index (χ3n) is 4.32. The molecule has 0 aliphatic carbocycles. The molecule has 0 spiro atoms. The lowest BCUT2D eigenvalue weighted by Crippen LogP contribution is -2.39. The number of carbonyl (C=O) groups excluding carboxylic acids is 1. The minimum Gasteiger partial charge on any atom is -0.467 e. The summed E-state index contributed by atoms with van der Waals surface area (Å²) < 4.78 is 22.2. The predicted octanol–water partition coefficient (Wildman–Crippen LogP) is 3.38. The van der Waals surface area contributed by atoms with Crippen LogP contribution in [0.1, 0.15) is 37.7 Å². The van der Waals surface area contributed by atoms with E-state index in [1.807, 2.05) is 24.3 Å². The Morgan fingerprint density at radius 3 is 2.40 bits per heavy atom. The van der Waals surface area contributed by atoms with Crippen molar-refractivity contribution in [2.75, 3.05) is 13.2 Å². The highest BCUT2D eigenvalue weighted by Crippen LogP contribution is 2.16. The summed E-state index contributed by atoms with van der Waals surface area (Å²) >= 11 is 0. The van der Waals surface area contributed by atoms with E-state index in [1.165, 1.54) is 0 Å². The molecule has 3 heterocycles. The zero-order chi connectivity index (χ0) is 17.5. The van der Waals surface area contributed by atoms with Gasteiger partial charge < -0.3 is 23.2 Å². The van der Waals surface area contributed by atoms with Crippen molar-refractivity contribution >= 4 is 5.91 Å². The average molecular weight is 347 g/mol. The van der Waals surface area contributed by atoms with Gasteiger partial charge in [0.2, 0.25) is 0 Å². The Bertz CT molecular complexity index is 580. The lowest BCUT2D eigenvalue weighted by molar-refractivity contribution is -0.148. The second kappa shape index (κ2) is 8.87. The average Bonchev–Trinajstić information content (AvgIpc) is 3.33. The largest absolute Gasteiger partial charge is 0.467 e. The van der Waals surface area contributed by atoms with E-state index >= 15 is 0 Å². The van der Waals surface area contributed by atoms with E-state index in [4.69, 9.17) is 18.3 Å². The zero-order valence-corrected chi connectivity index (χ0v) is 14.6. The van der Waals surface area contributed by atoms with E-state index in [2.05, 4.69) is 0 Å². The molecule has 25 heavy (non-hydrogen) atoms. The van der Waals surface area contributed by atoms with Gasteiger partial charge in [-0.3, -0.25) is 4.79 Å². The lowest BCUT2D eigenvalue weighted by Gasteiger charge is -2.27. The molecule has 1 aliphatic heterocycles. The van der Waals surface area contributed by atoms with Gasteiger partial charge in [-0.2, -0.15) is 0 Å². The van der Waals surface area contributed by atoms with Gasteiger partial charge in [-0.1, -0.05) is 0 Å². The summed E-state index contributed by atoms with van der Waals surface area (Å²) in [5, 5.41) is 0. The molecule has 136 valence electrons. The summed E-state index contributed by atoms with van der Waals surface area (Å²) in [6, 6.07) is 7.32. The Balaban J connectivity index is 1.58. The maximum atomic E-state index is 12.8. The monoisotopic (exact) mass is 347 g/mol. The van der Waals surface area contributed by atoms with Gasteiger partial charge in [-0.15, -0.1) is 0 Å². The van der Waals surface area contributed by atoms with Gasteiger partial charge in [0.05, 0.1) is 38.3 Å². The van der Waals surface area contributed by atoms with Crippen molar-refractivity contribution in [1.82, 2.24) is 4.90 Å². The van der Waals surface area contributed by atoms with Gasteiger partial charge in [0.15, 0.2) is 0 Å². The molecule has 2 atom stereocenters. The first-order valence-corrected chi connectivity index (χ1v) is 8.79. The van der Waals surface area contributed by atoms with E-state index in [9.17, 15) is 4.79 Å². The van der Waals surface area contributed by atoms with Crippen LogP contribution in [-0.2, 0) is 27.4 Å². The van der Waals surface area contributed by atoms with Crippen LogP contribution in [0, 0.1) is 0 Å². The van der Waals surface area contributed by atoms with Crippen molar-refractivity contribution < 1.29 is 23.1 Å². The standard InChI is InChI=1S/C19H25NO5/c1-15(25-14-18-6-2-3-9-24-18)19(21)20(12-16-7-4-10-22-16)13-17-8-5-11-23-17/h4-5,7-8,10-11,15,18H,2-3,6,9,12-14H2,1H3. The molecule has 0 N–H and O–H groups in total. The molecule has 0 radical (unpaired) electrons. The highest BCUT2D eigenvalue weighted by molar-refractivity contribution is 5.80. The molecule has 1 amide bonds. The van der Waals surface area contributed by atoms with Crippen molar-refractivity contribution in [2.24, 2.45) is 0 Å². The summed E-state index contributed by atoms with van der Waals surface area (Å²) in [5.74, 6) is 1.36. The summed E-state index contributed by atoms with van der Waals surface area (Å²) in [7, 11) is 0. The van der Waals surface area contributed by atoms with Crippen LogP contribution in [0.15, 0.2) is 45.6 Å². The van der Waals surface area contributed by atoms with Gasteiger partial charge >= 0.3 is 0 Å². The Morgan fingerprint density at radius 1 is 1.20 bits per heavy atom. The topological polar surface area (TPSA) is 65.1 Å². The first-order chi connectivity index (χ1) is 12.2. The Morgan fingerprint density at radius 2 is 1.88 bits per heavy atom. The van der Waals surface area contributed by atoms with E-state index in [0.29, 0.717) is 19.7 Å². The highest BCUT2D eigenvalue weighted by Gasteiger charge is 2.25. The number of furan rings is 2. The summed E-state index contributed by atoms with van der Waals surface area (Å²) in [5.41, 5.74) is 0. The second-order valence-electron chi connectivity index (χ2n) is 6.32. The Kier molecular flexibility index (Phi) is 6.30. The molecular formula is C19H25NO5. The van der Waals surface area contributed by atoms with E-state index in [0.717, 1.165) is 37.4 Å². The smallest absolute Gasteiger partial charge is 0.252 e. The maximum Gasteiger partial charge on any atom is 0.252 e. The van der Waals surface area contributed by atoms with E-state index in [1.54, 1.807) is 24.3 Å². The summed E-state index contributed by atoms with van der Waals surface area (Å²) in [6.45, 7) is 3.75. The van der Waals surface area contributed by atoms with Crippen molar-refractivity contribution in [3.63, 3.8) is 0 Å². The third-order valence-corrected chi connectivity index (χ3v) is 4.32. The maximum absolute atomic E-state index is 12.8. The highest BCUT2D eigenvalue weighted by atomic mass is 16.5. The normalized spacial score (nSPS) is 18.8. The molecule has 6 nitrogen and oxygen atoms in total. The molecule has 3 rings (SSSR count). The summed E-state index contributed by atoms with van der Waals surface area (Å²) in [4.78, 5) is 14.5. The third kappa shape index (κ3) is 5.21. The second-order valence-corrected chi connectivity index (χ2v) is 6.32. The van der Waals surface area contributed by atoms with Crippen LogP contribution in [0.5, 0.6) is 0 Å². The molecule has 0 saturated carbocycles. The predicted molar refractivity (Wildman–Crippen MR) is 90.7 cm³/mol. The number of nitrogens with zero attached hydrogens (tertiary/aromatic N) is 1. The number of hydrogen-bond acceptors (Lipinski definition) is 5. The Labute approximate surface area is 147 Å². The van der Waals surface area contributed by atoms with Crippen LogP contribution in [0.4, 0.5) is 0 Å². The fraction of sp³-hybridized carbons (Fsp3) is 0.526. The number of carbonyl (C=O) groups is 1. The molecule has 6 heteroatoms. The molecule has 1 aliphatic rings.